The summed E-state index contributed by atoms with van der Waals surface area (Å²) in [5.41, 5.74) is -0.654. The molecule has 0 aromatic heterocycles. The molecule has 5 unspecified atom stereocenters. The Morgan fingerprint density at radius 3 is 2.52 bits per heavy atom. The van der Waals surface area contributed by atoms with Gasteiger partial charge in [0.05, 0.1) is 23.2 Å². The lowest BCUT2D eigenvalue weighted by molar-refractivity contribution is -0.385. The van der Waals surface area contributed by atoms with Gasteiger partial charge in [0, 0.05) is 0 Å². The summed E-state index contributed by atoms with van der Waals surface area (Å²) in [4.78, 5) is 20.9. The van der Waals surface area contributed by atoms with E-state index in [4.69, 9.17) is 14.6 Å². The lowest BCUT2D eigenvalue weighted by Crippen LogP contribution is -2.60. The number of nitro groups is 1. The minimum absolute atomic E-state index is 0.0911. The molecule has 10 heteroatoms. The molecule has 1 aliphatic heterocycles. The molecular formula is C13H15NO9. The molecule has 5 atom stereocenters. The van der Waals surface area contributed by atoms with Crippen molar-refractivity contribution in [3.63, 3.8) is 0 Å². The molecule has 0 amide bonds. The van der Waals surface area contributed by atoms with Crippen molar-refractivity contribution < 1.29 is 39.6 Å². The largest absolute Gasteiger partial charge is 0.462 e. The van der Waals surface area contributed by atoms with E-state index < -0.39 is 47.9 Å². The van der Waals surface area contributed by atoms with E-state index in [-0.39, 0.29) is 11.3 Å². The SMILES string of the molecule is O=Cc1ccc(OC2OC(CO)C(O)C(O)C2O)cc1[N+](=O)[O-]. The first-order chi connectivity index (χ1) is 10.9. The highest BCUT2D eigenvalue weighted by molar-refractivity contribution is 5.81. The molecule has 1 saturated heterocycles. The Kier molecular flexibility index (Phi) is 5.23. The highest BCUT2D eigenvalue weighted by Crippen LogP contribution is 2.28. The lowest BCUT2D eigenvalue weighted by atomic mass is 9.99. The molecule has 0 aliphatic carbocycles. The van der Waals surface area contributed by atoms with Crippen LogP contribution < -0.4 is 4.74 Å². The van der Waals surface area contributed by atoms with Crippen LogP contribution in [0.2, 0.25) is 0 Å². The number of nitro benzene ring substituents is 1. The monoisotopic (exact) mass is 329 g/mol. The summed E-state index contributed by atoms with van der Waals surface area (Å²) in [6.07, 6.45) is -7.13. The number of rotatable bonds is 5. The van der Waals surface area contributed by atoms with Crippen molar-refractivity contribution >= 4 is 12.0 Å². The van der Waals surface area contributed by atoms with Crippen LogP contribution in [0.3, 0.4) is 0 Å². The van der Waals surface area contributed by atoms with Crippen molar-refractivity contribution in [3.05, 3.63) is 33.9 Å². The van der Waals surface area contributed by atoms with Crippen LogP contribution in [-0.4, -0.2) is 68.9 Å². The van der Waals surface area contributed by atoms with Crippen LogP contribution in [0.15, 0.2) is 18.2 Å². The van der Waals surface area contributed by atoms with Crippen molar-refractivity contribution in [3.8, 4) is 5.75 Å². The maximum Gasteiger partial charge on any atom is 0.283 e. The summed E-state index contributed by atoms with van der Waals surface area (Å²) < 4.78 is 10.4. The molecular weight excluding hydrogens is 314 g/mol. The van der Waals surface area contributed by atoms with Crippen molar-refractivity contribution in [1.82, 2.24) is 0 Å². The van der Waals surface area contributed by atoms with E-state index in [9.17, 15) is 30.2 Å². The van der Waals surface area contributed by atoms with Crippen LogP contribution in [0.5, 0.6) is 5.75 Å². The number of carbonyl (C=O) groups excluding carboxylic acids is 1. The average molecular weight is 329 g/mol. The summed E-state index contributed by atoms with van der Waals surface area (Å²) >= 11 is 0. The van der Waals surface area contributed by atoms with Gasteiger partial charge in [0.25, 0.3) is 5.69 Å². The highest BCUT2D eigenvalue weighted by Gasteiger charge is 2.44. The van der Waals surface area contributed by atoms with Gasteiger partial charge in [-0.2, -0.15) is 0 Å². The molecule has 0 spiro atoms. The Morgan fingerprint density at radius 1 is 1.26 bits per heavy atom. The van der Waals surface area contributed by atoms with Gasteiger partial charge in [-0.3, -0.25) is 14.9 Å². The van der Waals surface area contributed by atoms with E-state index in [0.29, 0.717) is 6.29 Å². The second-order valence-corrected chi connectivity index (χ2v) is 4.91. The normalized spacial score (nSPS) is 30.7. The fraction of sp³-hybridized carbons (Fsp3) is 0.462. The summed E-state index contributed by atoms with van der Waals surface area (Å²) in [6.45, 7) is -0.630. The third kappa shape index (κ3) is 3.46. The number of benzene rings is 1. The minimum atomic E-state index is -1.64. The molecule has 126 valence electrons. The molecule has 1 aromatic rings. The predicted molar refractivity (Wildman–Crippen MR) is 72.9 cm³/mol. The van der Waals surface area contributed by atoms with Crippen LogP contribution in [0.25, 0.3) is 0 Å². The molecule has 0 radical (unpaired) electrons. The van der Waals surface area contributed by atoms with Gasteiger partial charge in [-0.25, -0.2) is 0 Å². The van der Waals surface area contributed by atoms with E-state index >= 15 is 0 Å². The van der Waals surface area contributed by atoms with Crippen LogP contribution in [0.1, 0.15) is 10.4 Å². The highest BCUT2D eigenvalue weighted by atomic mass is 16.7. The number of hydrogen-bond acceptors (Lipinski definition) is 9. The van der Waals surface area contributed by atoms with Crippen molar-refractivity contribution in [1.29, 1.82) is 0 Å². The van der Waals surface area contributed by atoms with Gasteiger partial charge in [0.15, 0.2) is 6.29 Å². The van der Waals surface area contributed by atoms with Crippen LogP contribution in [0, 0.1) is 10.1 Å². The third-order valence-electron chi connectivity index (χ3n) is 3.43. The molecule has 4 N–H and O–H groups in total. The van der Waals surface area contributed by atoms with Crippen LogP contribution in [0.4, 0.5) is 5.69 Å². The fourth-order valence-corrected chi connectivity index (χ4v) is 2.15. The Bertz CT molecular complexity index is 591. The Morgan fingerprint density at radius 2 is 1.96 bits per heavy atom. The summed E-state index contributed by atoms with van der Waals surface area (Å²) in [6, 6.07) is 3.37. The van der Waals surface area contributed by atoms with Gasteiger partial charge in [0.1, 0.15) is 30.2 Å². The molecule has 1 heterocycles. The smallest absolute Gasteiger partial charge is 0.283 e. The summed E-state index contributed by atoms with van der Waals surface area (Å²) in [5.74, 6) is -0.0911. The molecule has 10 nitrogen and oxygen atoms in total. The summed E-state index contributed by atoms with van der Waals surface area (Å²) in [7, 11) is 0. The molecule has 0 bridgehead atoms. The maximum atomic E-state index is 10.9. The van der Waals surface area contributed by atoms with Crippen molar-refractivity contribution in [2.45, 2.75) is 30.7 Å². The van der Waals surface area contributed by atoms with E-state index in [1.807, 2.05) is 0 Å². The lowest BCUT2D eigenvalue weighted by Gasteiger charge is -2.39. The zero-order chi connectivity index (χ0) is 17.1. The standard InChI is InChI=1S/C13H15NO9/c15-4-6-1-2-7(3-8(6)14(20)21)22-13-12(19)11(18)10(17)9(5-16)23-13/h1-4,9-13,16-19H,5H2. The average Bonchev–Trinajstić information content (AvgIpc) is 2.55. The van der Waals surface area contributed by atoms with Gasteiger partial charge in [-0.05, 0) is 12.1 Å². The first kappa shape index (κ1) is 17.2. The van der Waals surface area contributed by atoms with Gasteiger partial charge < -0.3 is 29.9 Å². The molecule has 23 heavy (non-hydrogen) atoms. The molecule has 1 aromatic carbocycles. The Balaban J connectivity index is 2.22. The number of ether oxygens (including phenoxy) is 2. The Hall–Kier alpha value is -2.11. The third-order valence-corrected chi connectivity index (χ3v) is 3.43. The second kappa shape index (κ2) is 6.98. The predicted octanol–water partition coefficient (Wildman–Crippen LogP) is -1.41. The number of aldehydes is 1. The van der Waals surface area contributed by atoms with E-state index in [0.717, 1.165) is 12.1 Å². The molecule has 1 aliphatic rings. The topological polar surface area (TPSA) is 160 Å². The molecule has 2 rings (SSSR count). The van der Waals surface area contributed by atoms with E-state index in [2.05, 4.69) is 0 Å². The summed E-state index contributed by atoms with van der Waals surface area (Å²) in [5, 5.41) is 49.1. The van der Waals surface area contributed by atoms with Crippen LogP contribution in [-0.2, 0) is 4.74 Å². The molecule has 1 fully saturated rings. The van der Waals surface area contributed by atoms with Gasteiger partial charge >= 0.3 is 0 Å². The Labute approximate surface area is 129 Å². The minimum Gasteiger partial charge on any atom is -0.462 e. The zero-order valence-corrected chi connectivity index (χ0v) is 11.7. The quantitative estimate of drug-likeness (QED) is 0.289. The van der Waals surface area contributed by atoms with Crippen LogP contribution >= 0.6 is 0 Å². The first-order valence-corrected chi connectivity index (χ1v) is 6.59. The first-order valence-electron chi connectivity index (χ1n) is 6.59. The number of aliphatic hydroxyl groups is 4. The number of hydrogen-bond donors (Lipinski definition) is 4. The number of nitrogens with zero attached hydrogens (tertiary/aromatic N) is 1. The zero-order valence-electron chi connectivity index (χ0n) is 11.7. The van der Waals surface area contributed by atoms with Crippen molar-refractivity contribution in [2.75, 3.05) is 6.61 Å². The number of aliphatic hydroxyl groups excluding tert-OH is 4. The van der Waals surface area contributed by atoms with Gasteiger partial charge in [0.2, 0.25) is 6.29 Å². The molecule has 0 saturated carbocycles. The van der Waals surface area contributed by atoms with E-state index in [1.165, 1.54) is 6.07 Å². The van der Waals surface area contributed by atoms with E-state index in [1.54, 1.807) is 0 Å². The van der Waals surface area contributed by atoms with Gasteiger partial charge in [-0.15, -0.1) is 0 Å². The maximum absolute atomic E-state index is 10.9. The number of carbonyl (C=O) groups is 1. The van der Waals surface area contributed by atoms with Crippen molar-refractivity contribution in [2.24, 2.45) is 0 Å². The fourth-order valence-electron chi connectivity index (χ4n) is 2.15. The second-order valence-electron chi connectivity index (χ2n) is 4.91. The van der Waals surface area contributed by atoms with Gasteiger partial charge in [-0.1, -0.05) is 0 Å².